The molecule has 0 aliphatic rings. The van der Waals surface area contributed by atoms with E-state index in [2.05, 4.69) is 4.90 Å². The molecule has 0 unspecified atom stereocenters. The summed E-state index contributed by atoms with van der Waals surface area (Å²) in [5.74, 6) is 0.163. The van der Waals surface area contributed by atoms with Gasteiger partial charge in [0.2, 0.25) is 0 Å². The number of nitrogens with two attached hydrogens (primary N) is 1. The number of benzene rings is 1. The van der Waals surface area contributed by atoms with Crippen LogP contribution in [0.5, 0.6) is 0 Å². The van der Waals surface area contributed by atoms with Crippen molar-refractivity contribution in [2.45, 2.75) is 19.9 Å². The van der Waals surface area contributed by atoms with Gasteiger partial charge < -0.3 is 10.6 Å². The second-order valence-electron chi connectivity index (χ2n) is 4.20. The van der Waals surface area contributed by atoms with E-state index in [1.54, 1.807) is 6.92 Å². The van der Waals surface area contributed by atoms with Gasteiger partial charge in [-0.05, 0) is 44.3 Å². The molecule has 0 amide bonds. The Bertz CT molecular complexity index is 359. The highest BCUT2D eigenvalue weighted by Gasteiger charge is 2.02. The Morgan fingerprint density at radius 3 is 2.40 bits per heavy atom. The van der Waals surface area contributed by atoms with Gasteiger partial charge in [-0.3, -0.25) is 4.79 Å². The minimum Gasteiger partial charge on any atom is -0.399 e. The van der Waals surface area contributed by atoms with Crippen molar-refractivity contribution < 1.29 is 4.79 Å². The van der Waals surface area contributed by atoms with Crippen LogP contribution in [-0.2, 0) is 17.8 Å². The van der Waals surface area contributed by atoms with E-state index in [1.807, 2.05) is 32.3 Å². The number of hydrogen-bond acceptors (Lipinski definition) is 3. The van der Waals surface area contributed by atoms with Crippen LogP contribution in [0.2, 0.25) is 0 Å². The van der Waals surface area contributed by atoms with Crippen molar-refractivity contribution in [1.82, 2.24) is 4.90 Å². The maximum absolute atomic E-state index is 11.0. The third-order valence-corrected chi connectivity index (χ3v) is 2.03. The standard InChI is InChI=1S/C12H18N2O/c1-9(15)4-10-5-11(8-14(2)3)7-12(13)6-10/h5-7H,4,8,13H2,1-3H3. The number of carbonyl (C=O) groups excluding carboxylic acids is 1. The van der Waals surface area contributed by atoms with E-state index in [0.717, 1.165) is 23.4 Å². The summed E-state index contributed by atoms with van der Waals surface area (Å²) in [6.07, 6.45) is 0.464. The number of nitrogen functional groups attached to an aromatic ring is 1. The molecule has 0 aliphatic heterocycles. The van der Waals surface area contributed by atoms with Crippen molar-refractivity contribution in [2.75, 3.05) is 19.8 Å². The molecule has 0 saturated carbocycles. The van der Waals surface area contributed by atoms with E-state index < -0.39 is 0 Å². The lowest BCUT2D eigenvalue weighted by Crippen LogP contribution is -2.11. The zero-order valence-corrected chi connectivity index (χ0v) is 9.58. The molecule has 0 bridgehead atoms. The number of carbonyl (C=O) groups is 1. The number of rotatable bonds is 4. The van der Waals surface area contributed by atoms with Crippen LogP contribution in [0, 0.1) is 0 Å². The summed E-state index contributed by atoms with van der Waals surface area (Å²) in [7, 11) is 4.02. The Morgan fingerprint density at radius 2 is 1.87 bits per heavy atom. The van der Waals surface area contributed by atoms with Gasteiger partial charge in [0.1, 0.15) is 5.78 Å². The molecule has 1 aromatic rings. The molecule has 3 heteroatoms. The van der Waals surface area contributed by atoms with E-state index in [-0.39, 0.29) is 5.78 Å². The quantitative estimate of drug-likeness (QED) is 0.759. The third kappa shape index (κ3) is 4.13. The molecule has 0 heterocycles. The van der Waals surface area contributed by atoms with Crippen molar-refractivity contribution in [3.05, 3.63) is 29.3 Å². The molecule has 3 nitrogen and oxygen atoms in total. The van der Waals surface area contributed by atoms with Crippen LogP contribution >= 0.6 is 0 Å². The lowest BCUT2D eigenvalue weighted by Gasteiger charge is -2.11. The summed E-state index contributed by atoms with van der Waals surface area (Å²) in [5, 5.41) is 0. The zero-order chi connectivity index (χ0) is 11.4. The maximum Gasteiger partial charge on any atom is 0.134 e. The molecule has 0 aromatic heterocycles. The summed E-state index contributed by atoms with van der Waals surface area (Å²) >= 11 is 0. The van der Waals surface area contributed by atoms with Crippen LogP contribution in [0.1, 0.15) is 18.1 Å². The second kappa shape index (κ2) is 4.94. The molecule has 1 aromatic carbocycles. The van der Waals surface area contributed by atoms with E-state index in [0.29, 0.717) is 6.42 Å². The van der Waals surface area contributed by atoms with Gasteiger partial charge in [0.05, 0.1) is 0 Å². The van der Waals surface area contributed by atoms with Crippen LogP contribution in [0.4, 0.5) is 5.69 Å². The van der Waals surface area contributed by atoms with Crippen LogP contribution in [0.15, 0.2) is 18.2 Å². The fourth-order valence-electron chi connectivity index (χ4n) is 1.64. The highest BCUT2D eigenvalue weighted by atomic mass is 16.1. The molecule has 0 saturated heterocycles. The number of ketones is 1. The van der Waals surface area contributed by atoms with Gasteiger partial charge in [-0.1, -0.05) is 6.07 Å². The van der Waals surface area contributed by atoms with E-state index in [1.165, 1.54) is 0 Å². The van der Waals surface area contributed by atoms with Gasteiger partial charge >= 0.3 is 0 Å². The first-order valence-electron chi connectivity index (χ1n) is 5.00. The Labute approximate surface area is 90.9 Å². The molecule has 15 heavy (non-hydrogen) atoms. The van der Waals surface area contributed by atoms with E-state index in [4.69, 9.17) is 5.73 Å². The van der Waals surface area contributed by atoms with Gasteiger partial charge in [-0.15, -0.1) is 0 Å². The highest BCUT2D eigenvalue weighted by Crippen LogP contribution is 2.14. The van der Waals surface area contributed by atoms with Crippen molar-refractivity contribution in [2.24, 2.45) is 0 Å². The smallest absolute Gasteiger partial charge is 0.134 e. The summed E-state index contributed by atoms with van der Waals surface area (Å²) < 4.78 is 0. The van der Waals surface area contributed by atoms with Crippen LogP contribution < -0.4 is 5.73 Å². The molecule has 82 valence electrons. The van der Waals surface area contributed by atoms with Gasteiger partial charge in [-0.25, -0.2) is 0 Å². The van der Waals surface area contributed by atoms with Crippen molar-refractivity contribution in [3.8, 4) is 0 Å². The predicted molar refractivity (Wildman–Crippen MR) is 62.6 cm³/mol. The SMILES string of the molecule is CC(=O)Cc1cc(N)cc(CN(C)C)c1. The average molecular weight is 206 g/mol. The molecule has 0 spiro atoms. The molecular formula is C12H18N2O. The predicted octanol–water partition coefficient (Wildman–Crippen LogP) is 1.46. The Hall–Kier alpha value is -1.35. The van der Waals surface area contributed by atoms with Crippen LogP contribution in [0.25, 0.3) is 0 Å². The molecule has 0 aliphatic carbocycles. The summed E-state index contributed by atoms with van der Waals surface area (Å²) in [5.41, 5.74) is 8.66. The fourth-order valence-corrected chi connectivity index (χ4v) is 1.64. The largest absolute Gasteiger partial charge is 0.399 e. The van der Waals surface area contributed by atoms with E-state index >= 15 is 0 Å². The van der Waals surface area contributed by atoms with Crippen LogP contribution in [-0.4, -0.2) is 24.8 Å². The lowest BCUT2D eigenvalue weighted by atomic mass is 10.0. The average Bonchev–Trinajstić information content (AvgIpc) is 1.98. The summed E-state index contributed by atoms with van der Waals surface area (Å²) in [6, 6.07) is 5.85. The van der Waals surface area contributed by atoms with Crippen molar-refractivity contribution in [3.63, 3.8) is 0 Å². The zero-order valence-electron chi connectivity index (χ0n) is 9.58. The molecule has 1 rings (SSSR count). The maximum atomic E-state index is 11.0. The first-order chi connectivity index (χ1) is 6.97. The van der Waals surface area contributed by atoms with Crippen molar-refractivity contribution >= 4 is 11.5 Å². The topological polar surface area (TPSA) is 46.3 Å². The molecule has 0 radical (unpaired) electrons. The Balaban J connectivity index is 2.89. The fraction of sp³-hybridized carbons (Fsp3) is 0.417. The van der Waals surface area contributed by atoms with Gasteiger partial charge in [0.15, 0.2) is 0 Å². The number of anilines is 1. The van der Waals surface area contributed by atoms with Gasteiger partial charge in [0.25, 0.3) is 0 Å². The first-order valence-corrected chi connectivity index (χ1v) is 5.00. The Morgan fingerprint density at radius 1 is 1.27 bits per heavy atom. The number of nitrogens with zero attached hydrogens (tertiary/aromatic N) is 1. The monoisotopic (exact) mass is 206 g/mol. The second-order valence-corrected chi connectivity index (χ2v) is 4.20. The first kappa shape index (κ1) is 11.7. The lowest BCUT2D eigenvalue weighted by molar-refractivity contribution is -0.116. The molecule has 0 atom stereocenters. The highest BCUT2D eigenvalue weighted by molar-refractivity contribution is 5.78. The van der Waals surface area contributed by atoms with Gasteiger partial charge in [-0.2, -0.15) is 0 Å². The Kier molecular flexibility index (Phi) is 3.86. The third-order valence-electron chi connectivity index (χ3n) is 2.03. The molecule has 0 fully saturated rings. The minimum absolute atomic E-state index is 0.163. The number of hydrogen-bond donors (Lipinski definition) is 1. The minimum atomic E-state index is 0.163. The van der Waals surface area contributed by atoms with E-state index in [9.17, 15) is 4.79 Å². The van der Waals surface area contributed by atoms with Crippen LogP contribution in [0.3, 0.4) is 0 Å². The summed E-state index contributed by atoms with van der Waals surface area (Å²) in [6.45, 7) is 2.44. The molecular weight excluding hydrogens is 188 g/mol. The molecule has 2 N–H and O–H groups in total. The van der Waals surface area contributed by atoms with Gasteiger partial charge in [0, 0.05) is 18.7 Å². The summed E-state index contributed by atoms with van der Waals surface area (Å²) in [4.78, 5) is 13.1. The normalized spacial score (nSPS) is 10.7. The van der Waals surface area contributed by atoms with Crippen molar-refractivity contribution in [1.29, 1.82) is 0 Å². The number of Topliss-reactive ketones (excluding diaryl/α,β-unsaturated/α-hetero) is 1.